The Hall–Kier alpha value is -2.49. The minimum absolute atomic E-state index is 0.169. The molecule has 3 atom stereocenters. The van der Waals surface area contributed by atoms with Gasteiger partial charge in [-0.2, -0.15) is 0 Å². The van der Waals surface area contributed by atoms with E-state index in [1.165, 1.54) is 18.2 Å². The number of aromatic nitrogens is 2. The fourth-order valence-corrected chi connectivity index (χ4v) is 5.37. The maximum absolute atomic E-state index is 14.8. The van der Waals surface area contributed by atoms with Crippen LogP contribution in [0.2, 0.25) is 5.02 Å². The van der Waals surface area contributed by atoms with Gasteiger partial charge in [-0.1, -0.05) is 45.2 Å². The van der Waals surface area contributed by atoms with Crippen LogP contribution in [-0.4, -0.2) is 63.2 Å². The SMILES string of the molecule is CN1CCCn2c(-c3cc(Cl)ccc3F)nc(C(=O)NC(C(=O)N[C@@H]3CCCC[C@H]3O)C(C)(C)C)c2C1. The Morgan fingerprint density at radius 3 is 2.62 bits per heavy atom. The molecule has 2 amide bonds. The number of nitrogens with one attached hydrogen (secondary N) is 2. The third kappa shape index (κ3) is 6.16. The monoisotopic (exact) mass is 533 g/mol. The number of imidazole rings is 1. The molecule has 1 aliphatic carbocycles. The predicted molar refractivity (Wildman–Crippen MR) is 141 cm³/mol. The molecule has 2 aliphatic rings. The second-order valence-corrected chi connectivity index (χ2v) is 11.8. The van der Waals surface area contributed by atoms with Crippen molar-refractivity contribution in [3.63, 3.8) is 0 Å². The van der Waals surface area contributed by atoms with Crippen molar-refractivity contribution in [3.8, 4) is 11.4 Å². The average Bonchev–Trinajstić information content (AvgIpc) is 3.05. The van der Waals surface area contributed by atoms with E-state index in [1.54, 1.807) is 0 Å². The molecule has 2 heterocycles. The lowest BCUT2D eigenvalue weighted by Crippen LogP contribution is -2.57. The molecule has 1 aromatic heterocycles. The van der Waals surface area contributed by atoms with Crippen molar-refractivity contribution < 1.29 is 19.1 Å². The zero-order valence-corrected chi connectivity index (χ0v) is 22.7. The standard InChI is InChI=1S/C27H37ClFN5O3/c1-27(2,3)23(26(37)30-19-8-5-6-9-21(19)35)32-25(36)22-20-15-33(4)12-7-13-34(20)24(31-22)17-14-16(28)10-11-18(17)29/h10-11,14,19,21,23,35H,5-9,12-13,15H2,1-4H3,(H,30,37)(H,32,36)/t19-,21-,23?/m1/s1. The molecule has 1 saturated carbocycles. The van der Waals surface area contributed by atoms with E-state index in [1.807, 2.05) is 32.4 Å². The van der Waals surface area contributed by atoms with Crippen molar-refractivity contribution in [1.82, 2.24) is 25.1 Å². The zero-order valence-electron chi connectivity index (χ0n) is 22.0. The van der Waals surface area contributed by atoms with Crippen LogP contribution in [-0.2, 0) is 17.9 Å². The van der Waals surface area contributed by atoms with Gasteiger partial charge < -0.3 is 25.2 Å². The largest absolute Gasteiger partial charge is 0.391 e. The van der Waals surface area contributed by atoms with Crippen LogP contribution in [0.15, 0.2) is 18.2 Å². The maximum Gasteiger partial charge on any atom is 0.272 e. The summed E-state index contributed by atoms with van der Waals surface area (Å²) < 4.78 is 16.7. The van der Waals surface area contributed by atoms with Crippen molar-refractivity contribution in [3.05, 3.63) is 40.4 Å². The van der Waals surface area contributed by atoms with Gasteiger partial charge in [0.1, 0.15) is 17.7 Å². The molecule has 3 N–H and O–H groups in total. The number of amides is 2. The van der Waals surface area contributed by atoms with Crippen LogP contribution in [0.4, 0.5) is 4.39 Å². The van der Waals surface area contributed by atoms with Gasteiger partial charge in [-0.3, -0.25) is 9.59 Å². The lowest BCUT2D eigenvalue weighted by Gasteiger charge is -2.34. The molecule has 0 bridgehead atoms. The molecule has 0 saturated heterocycles. The van der Waals surface area contributed by atoms with E-state index < -0.39 is 29.3 Å². The molecule has 1 fully saturated rings. The van der Waals surface area contributed by atoms with Gasteiger partial charge in [0.15, 0.2) is 5.69 Å². The van der Waals surface area contributed by atoms with E-state index in [0.717, 1.165) is 25.8 Å². The lowest BCUT2D eigenvalue weighted by atomic mass is 9.85. The highest BCUT2D eigenvalue weighted by molar-refractivity contribution is 6.30. The Morgan fingerprint density at radius 1 is 1.19 bits per heavy atom. The maximum atomic E-state index is 14.8. The van der Waals surface area contributed by atoms with Crippen molar-refractivity contribution in [2.45, 2.75) is 84.2 Å². The zero-order chi connectivity index (χ0) is 26.9. The number of aliphatic hydroxyl groups is 1. The summed E-state index contributed by atoms with van der Waals surface area (Å²) in [5, 5.41) is 16.6. The molecule has 37 heavy (non-hydrogen) atoms. The van der Waals surface area contributed by atoms with Gasteiger partial charge in [0, 0.05) is 18.1 Å². The Bertz CT molecular complexity index is 1160. The average molecular weight is 534 g/mol. The fourth-order valence-electron chi connectivity index (χ4n) is 5.20. The molecule has 10 heteroatoms. The summed E-state index contributed by atoms with van der Waals surface area (Å²) in [6.07, 6.45) is 3.44. The van der Waals surface area contributed by atoms with Crippen LogP contribution >= 0.6 is 11.6 Å². The second-order valence-electron chi connectivity index (χ2n) is 11.3. The highest BCUT2D eigenvalue weighted by Crippen LogP contribution is 2.30. The Labute approximate surface area is 222 Å². The first-order valence-electron chi connectivity index (χ1n) is 13.0. The van der Waals surface area contributed by atoms with Crippen molar-refractivity contribution in [2.75, 3.05) is 13.6 Å². The number of benzene rings is 1. The molecule has 4 rings (SSSR count). The minimum Gasteiger partial charge on any atom is -0.391 e. The summed E-state index contributed by atoms with van der Waals surface area (Å²) in [6, 6.07) is 3.09. The molecular formula is C27H37ClFN5O3. The van der Waals surface area contributed by atoms with Crippen LogP contribution in [0.3, 0.4) is 0 Å². The fraction of sp³-hybridized carbons (Fsp3) is 0.593. The number of halogens is 2. The first-order chi connectivity index (χ1) is 17.5. The molecule has 1 aliphatic heterocycles. The van der Waals surface area contributed by atoms with Gasteiger partial charge in [0.05, 0.1) is 23.4 Å². The minimum atomic E-state index is -0.860. The van der Waals surface area contributed by atoms with Crippen molar-refractivity contribution in [2.24, 2.45) is 5.41 Å². The topological polar surface area (TPSA) is 99.5 Å². The van der Waals surface area contributed by atoms with E-state index >= 15 is 0 Å². The van der Waals surface area contributed by atoms with Gasteiger partial charge in [-0.15, -0.1) is 0 Å². The van der Waals surface area contributed by atoms with E-state index in [-0.39, 0.29) is 23.2 Å². The van der Waals surface area contributed by atoms with Crippen molar-refractivity contribution in [1.29, 1.82) is 0 Å². The third-order valence-corrected chi connectivity index (χ3v) is 7.49. The van der Waals surface area contributed by atoms with Crippen LogP contribution in [0, 0.1) is 11.2 Å². The smallest absolute Gasteiger partial charge is 0.272 e. The van der Waals surface area contributed by atoms with Gasteiger partial charge >= 0.3 is 0 Å². The number of carbonyl (C=O) groups is 2. The van der Waals surface area contributed by atoms with Crippen LogP contribution in [0.1, 0.15) is 69.1 Å². The van der Waals surface area contributed by atoms with E-state index in [0.29, 0.717) is 42.5 Å². The van der Waals surface area contributed by atoms with Crippen LogP contribution < -0.4 is 10.6 Å². The summed E-state index contributed by atoms with van der Waals surface area (Å²) in [6.45, 7) is 7.48. The third-order valence-electron chi connectivity index (χ3n) is 7.26. The Morgan fingerprint density at radius 2 is 1.92 bits per heavy atom. The summed E-state index contributed by atoms with van der Waals surface area (Å²) in [7, 11) is 1.96. The molecule has 8 nitrogen and oxygen atoms in total. The number of hydrogen-bond acceptors (Lipinski definition) is 5. The molecule has 202 valence electrons. The number of hydrogen-bond donors (Lipinski definition) is 3. The van der Waals surface area contributed by atoms with Gasteiger partial charge in [-0.05, 0) is 56.5 Å². The highest BCUT2D eigenvalue weighted by Gasteiger charge is 2.37. The Kier molecular flexibility index (Phi) is 8.26. The molecule has 2 aromatic rings. The van der Waals surface area contributed by atoms with Crippen LogP contribution in [0.25, 0.3) is 11.4 Å². The van der Waals surface area contributed by atoms with E-state index in [4.69, 9.17) is 11.6 Å². The quantitative estimate of drug-likeness (QED) is 0.544. The summed E-state index contributed by atoms with van der Waals surface area (Å²) in [5.41, 5.74) is 0.466. The molecule has 0 spiro atoms. The summed E-state index contributed by atoms with van der Waals surface area (Å²) in [4.78, 5) is 33.7. The summed E-state index contributed by atoms with van der Waals surface area (Å²) >= 11 is 6.17. The van der Waals surface area contributed by atoms with E-state index in [2.05, 4.69) is 20.5 Å². The molecule has 0 radical (unpaired) electrons. The lowest BCUT2D eigenvalue weighted by molar-refractivity contribution is -0.127. The molecule has 1 unspecified atom stereocenters. The first-order valence-corrected chi connectivity index (χ1v) is 13.4. The van der Waals surface area contributed by atoms with Crippen LogP contribution in [0.5, 0.6) is 0 Å². The van der Waals surface area contributed by atoms with Crippen molar-refractivity contribution >= 4 is 23.4 Å². The summed E-state index contributed by atoms with van der Waals surface area (Å²) in [5.74, 6) is -0.959. The number of carbonyl (C=O) groups excluding carboxylic acids is 2. The highest BCUT2D eigenvalue weighted by atomic mass is 35.5. The molecular weight excluding hydrogens is 497 g/mol. The van der Waals surface area contributed by atoms with Gasteiger partial charge in [0.25, 0.3) is 5.91 Å². The van der Waals surface area contributed by atoms with Gasteiger partial charge in [0.2, 0.25) is 5.91 Å². The van der Waals surface area contributed by atoms with E-state index in [9.17, 15) is 19.1 Å². The first kappa shape index (κ1) is 27.5. The predicted octanol–water partition coefficient (Wildman–Crippen LogP) is 3.74. The number of rotatable bonds is 5. The number of aliphatic hydroxyl groups excluding tert-OH is 1. The second kappa shape index (κ2) is 11.1. The normalized spacial score (nSPS) is 21.6. The Balaban J connectivity index is 1.67. The number of nitrogens with zero attached hydrogens (tertiary/aromatic N) is 3. The molecule has 1 aromatic carbocycles. The number of fused-ring (bicyclic) bond motifs is 1. The van der Waals surface area contributed by atoms with Gasteiger partial charge in [-0.25, -0.2) is 9.37 Å².